The number of ether oxygens (including phenoxy) is 2. The Morgan fingerprint density at radius 2 is 1.93 bits per heavy atom. The zero-order valence-electron chi connectivity index (χ0n) is 14.9. The Kier molecular flexibility index (Phi) is 7.70. The molecule has 0 fully saturated rings. The van der Waals surface area contributed by atoms with Gasteiger partial charge in [0.05, 0.1) is 13.2 Å². The molecule has 0 aliphatic carbocycles. The molecule has 0 aliphatic rings. The van der Waals surface area contributed by atoms with Crippen molar-refractivity contribution in [3.8, 4) is 5.75 Å². The maximum absolute atomic E-state index is 12.0. The molecule has 5 nitrogen and oxygen atoms in total. The molecule has 0 saturated heterocycles. The predicted octanol–water partition coefficient (Wildman–Crippen LogP) is 4.44. The number of hydrogen-bond donors (Lipinski definition) is 1. The molecule has 27 heavy (non-hydrogen) atoms. The number of esters is 1. The Morgan fingerprint density at radius 1 is 1.19 bits per heavy atom. The zero-order valence-corrected chi connectivity index (χ0v) is 16.4. The zero-order chi connectivity index (χ0) is 19.8. The van der Waals surface area contributed by atoms with Crippen LogP contribution in [0.2, 0.25) is 10.0 Å². The number of carbonyl (C=O) groups excluding carboxylic acids is 2. The Labute approximate surface area is 167 Å². The van der Waals surface area contributed by atoms with Gasteiger partial charge in [0.15, 0.2) is 6.61 Å². The third kappa shape index (κ3) is 6.31. The van der Waals surface area contributed by atoms with E-state index in [0.29, 0.717) is 15.8 Å². The predicted molar refractivity (Wildman–Crippen MR) is 106 cm³/mol. The van der Waals surface area contributed by atoms with Crippen LogP contribution in [-0.4, -0.2) is 25.6 Å². The van der Waals surface area contributed by atoms with Crippen LogP contribution in [0.1, 0.15) is 24.1 Å². The molecule has 2 aromatic carbocycles. The normalized spacial score (nSPS) is 11.9. The van der Waals surface area contributed by atoms with Crippen molar-refractivity contribution in [1.82, 2.24) is 5.32 Å². The molecule has 7 heteroatoms. The van der Waals surface area contributed by atoms with Gasteiger partial charge in [0.25, 0.3) is 5.91 Å². The van der Waals surface area contributed by atoms with E-state index in [0.717, 1.165) is 11.1 Å². The van der Waals surface area contributed by atoms with Crippen LogP contribution in [-0.2, 0) is 14.3 Å². The van der Waals surface area contributed by atoms with Gasteiger partial charge < -0.3 is 14.8 Å². The number of para-hydroxylation sites is 1. The lowest BCUT2D eigenvalue weighted by Gasteiger charge is -2.15. The molecule has 0 saturated carbocycles. The first-order valence-electron chi connectivity index (χ1n) is 8.13. The summed E-state index contributed by atoms with van der Waals surface area (Å²) in [6.45, 7) is 1.38. The fourth-order valence-electron chi connectivity index (χ4n) is 2.36. The van der Waals surface area contributed by atoms with Crippen LogP contribution >= 0.6 is 23.2 Å². The van der Waals surface area contributed by atoms with Gasteiger partial charge in [-0.05, 0) is 36.8 Å². The van der Waals surface area contributed by atoms with Crippen LogP contribution in [0.5, 0.6) is 5.75 Å². The van der Waals surface area contributed by atoms with E-state index < -0.39 is 18.5 Å². The number of halogens is 2. The van der Waals surface area contributed by atoms with E-state index >= 15 is 0 Å². The van der Waals surface area contributed by atoms with E-state index in [4.69, 9.17) is 32.7 Å². The van der Waals surface area contributed by atoms with Crippen molar-refractivity contribution in [3.63, 3.8) is 0 Å². The van der Waals surface area contributed by atoms with Gasteiger partial charge in [0.2, 0.25) is 0 Å². The van der Waals surface area contributed by atoms with Gasteiger partial charge in [-0.15, -0.1) is 0 Å². The fraction of sp³-hybridized carbons (Fsp3) is 0.200. The van der Waals surface area contributed by atoms with E-state index in [1.807, 2.05) is 12.1 Å². The summed E-state index contributed by atoms with van der Waals surface area (Å²) < 4.78 is 10.1. The molecule has 2 rings (SSSR count). The summed E-state index contributed by atoms with van der Waals surface area (Å²) in [6.07, 6.45) is 2.81. The Balaban J connectivity index is 1.85. The van der Waals surface area contributed by atoms with Gasteiger partial charge >= 0.3 is 5.97 Å². The molecule has 0 aromatic heterocycles. The number of nitrogens with one attached hydrogen (secondary N) is 1. The number of benzene rings is 2. The fourth-order valence-corrected chi connectivity index (χ4v) is 2.93. The molecule has 0 spiro atoms. The number of methoxy groups -OCH3 is 1. The second kappa shape index (κ2) is 10.00. The van der Waals surface area contributed by atoms with Crippen LogP contribution in [0.4, 0.5) is 0 Å². The lowest BCUT2D eigenvalue weighted by molar-refractivity contribution is -0.144. The van der Waals surface area contributed by atoms with E-state index in [1.165, 1.54) is 6.08 Å². The summed E-state index contributed by atoms with van der Waals surface area (Å²) in [7, 11) is 1.55. The minimum Gasteiger partial charge on any atom is -0.496 e. The highest BCUT2D eigenvalue weighted by Gasteiger charge is 2.14. The maximum Gasteiger partial charge on any atom is 0.331 e. The van der Waals surface area contributed by atoms with Gasteiger partial charge in [-0.25, -0.2) is 4.79 Å². The van der Waals surface area contributed by atoms with Crippen molar-refractivity contribution in [2.45, 2.75) is 13.0 Å². The Morgan fingerprint density at radius 3 is 2.63 bits per heavy atom. The quantitative estimate of drug-likeness (QED) is 0.544. The van der Waals surface area contributed by atoms with Crippen molar-refractivity contribution in [3.05, 3.63) is 69.7 Å². The van der Waals surface area contributed by atoms with Gasteiger partial charge in [0.1, 0.15) is 5.75 Å². The number of amides is 1. The van der Waals surface area contributed by atoms with E-state index in [2.05, 4.69) is 5.32 Å². The first-order chi connectivity index (χ1) is 12.9. The molecule has 0 unspecified atom stereocenters. The first-order valence-corrected chi connectivity index (χ1v) is 8.88. The highest BCUT2D eigenvalue weighted by molar-refractivity contribution is 6.35. The number of carbonyl (C=O) groups is 2. The van der Waals surface area contributed by atoms with Gasteiger partial charge in [-0.1, -0.05) is 47.5 Å². The van der Waals surface area contributed by atoms with E-state index in [9.17, 15) is 9.59 Å². The molecule has 0 radical (unpaired) electrons. The molecule has 1 atom stereocenters. The minimum absolute atomic E-state index is 0.356. The minimum atomic E-state index is -0.631. The average molecular weight is 408 g/mol. The molecule has 1 N–H and O–H groups in total. The molecule has 0 bridgehead atoms. The SMILES string of the molecule is COc1ccccc1/C=C/C(=O)OCC(=O)N[C@@H](C)c1ccc(Cl)cc1Cl. The van der Waals surface area contributed by atoms with Crippen molar-refractivity contribution in [2.75, 3.05) is 13.7 Å². The third-order valence-electron chi connectivity index (χ3n) is 3.69. The summed E-state index contributed by atoms with van der Waals surface area (Å²) >= 11 is 12.0. The van der Waals surface area contributed by atoms with Crippen molar-refractivity contribution < 1.29 is 19.1 Å². The van der Waals surface area contributed by atoms with Crippen molar-refractivity contribution in [2.24, 2.45) is 0 Å². The van der Waals surface area contributed by atoms with E-state index in [1.54, 1.807) is 50.4 Å². The van der Waals surface area contributed by atoms with Crippen LogP contribution in [0.25, 0.3) is 6.08 Å². The molecule has 142 valence electrons. The van der Waals surface area contributed by atoms with Gasteiger partial charge in [-0.2, -0.15) is 0 Å². The van der Waals surface area contributed by atoms with Crippen LogP contribution in [0.3, 0.4) is 0 Å². The van der Waals surface area contributed by atoms with Crippen molar-refractivity contribution >= 4 is 41.2 Å². The van der Waals surface area contributed by atoms with E-state index in [-0.39, 0.29) is 6.04 Å². The third-order valence-corrected chi connectivity index (χ3v) is 4.25. The molecule has 0 heterocycles. The summed E-state index contributed by atoms with van der Waals surface area (Å²) in [4.78, 5) is 23.8. The molecule has 2 aromatic rings. The number of rotatable bonds is 7. The Bertz CT molecular complexity index is 852. The lowest BCUT2D eigenvalue weighted by Crippen LogP contribution is -2.31. The Hall–Kier alpha value is -2.50. The lowest BCUT2D eigenvalue weighted by atomic mass is 10.1. The summed E-state index contributed by atoms with van der Waals surface area (Å²) in [5.74, 6) is -0.436. The maximum atomic E-state index is 12.0. The molecule has 0 aliphatic heterocycles. The highest BCUT2D eigenvalue weighted by atomic mass is 35.5. The summed E-state index contributed by atoms with van der Waals surface area (Å²) in [5.41, 5.74) is 1.45. The standard InChI is InChI=1S/C20H19Cl2NO4/c1-13(16-9-8-15(21)11-17(16)22)23-19(24)12-27-20(25)10-7-14-5-3-4-6-18(14)26-2/h3-11,13H,12H2,1-2H3,(H,23,24)/b10-7+/t13-/m0/s1. The topological polar surface area (TPSA) is 64.6 Å². The van der Waals surface area contributed by atoms with Crippen LogP contribution in [0, 0.1) is 0 Å². The summed E-state index contributed by atoms with van der Waals surface area (Å²) in [5, 5.41) is 3.68. The molecular formula is C20H19Cl2NO4. The second-order valence-corrected chi connectivity index (χ2v) is 6.48. The molecule has 1 amide bonds. The highest BCUT2D eigenvalue weighted by Crippen LogP contribution is 2.26. The summed E-state index contributed by atoms with van der Waals surface area (Å²) in [6, 6.07) is 11.9. The monoisotopic (exact) mass is 407 g/mol. The first kappa shape index (κ1) is 20.8. The second-order valence-electron chi connectivity index (χ2n) is 5.64. The number of hydrogen-bond acceptors (Lipinski definition) is 4. The van der Waals surface area contributed by atoms with Crippen LogP contribution < -0.4 is 10.1 Å². The molecular weight excluding hydrogens is 389 g/mol. The van der Waals surface area contributed by atoms with Crippen molar-refractivity contribution in [1.29, 1.82) is 0 Å². The largest absolute Gasteiger partial charge is 0.496 e. The smallest absolute Gasteiger partial charge is 0.331 e. The average Bonchev–Trinajstić information content (AvgIpc) is 2.64. The van der Waals surface area contributed by atoms with Gasteiger partial charge in [-0.3, -0.25) is 4.79 Å². The van der Waals surface area contributed by atoms with Gasteiger partial charge in [0, 0.05) is 21.7 Å². The van der Waals surface area contributed by atoms with Crippen LogP contribution in [0.15, 0.2) is 48.5 Å².